The number of carboxylic acids is 1. The number of hydrogen-bond acceptors (Lipinski definition) is 5. The summed E-state index contributed by atoms with van der Waals surface area (Å²) in [7, 11) is 1.61. The van der Waals surface area contributed by atoms with Crippen molar-refractivity contribution in [2.45, 2.75) is 25.3 Å². The van der Waals surface area contributed by atoms with E-state index in [0.717, 1.165) is 21.8 Å². The van der Waals surface area contributed by atoms with Crippen molar-refractivity contribution in [3.8, 4) is 16.9 Å². The lowest BCUT2D eigenvalue weighted by molar-refractivity contribution is -0.148. The SMILES string of the molecule is COc1ccc(-c2cc(C(=O)NC3(C(=O)O)CCOCC3)sc2C)cc1. The van der Waals surface area contributed by atoms with Crippen molar-refractivity contribution in [3.63, 3.8) is 0 Å². The number of nitrogens with one attached hydrogen (secondary N) is 1. The number of carbonyl (C=O) groups excluding carboxylic acids is 1. The van der Waals surface area contributed by atoms with Crippen LogP contribution in [0.4, 0.5) is 0 Å². The number of rotatable bonds is 5. The van der Waals surface area contributed by atoms with Gasteiger partial charge in [0.05, 0.1) is 12.0 Å². The third kappa shape index (κ3) is 3.59. The minimum atomic E-state index is -1.26. The number of aliphatic carboxylic acids is 1. The fourth-order valence-electron chi connectivity index (χ4n) is 3.04. The fraction of sp³-hybridized carbons (Fsp3) is 0.368. The average molecular weight is 375 g/mol. The van der Waals surface area contributed by atoms with E-state index in [1.54, 1.807) is 7.11 Å². The van der Waals surface area contributed by atoms with Gasteiger partial charge in [-0.05, 0) is 36.2 Å². The molecule has 0 spiro atoms. The van der Waals surface area contributed by atoms with Gasteiger partial charge in [-0.25, -0.2) is 4.79 Å². The molecule has 138 valence electrons. The van der Waals surface area contributed by atoms with Crippen molar-refractivity contribution < 1.29 is 24.2 Å². The van der Waals surface area contributed by atoms with Crippen molar-refractivity contribution in [2.24, 2.45) is 0 Å². The van der Waals surface area contributed by atoms with Crippen LogP contribution >= 0.6 is 11.3 Å². The first-order valence-electron chi connectivity index (χ1n) is 8.34. The van der Waals surface area contributed by atoms with E-state index in [1.165, 1.54) is 11.3 Å². The lowest BCUT2D eigenvalue weighted by Crippen LogP contribution is -2.57. The number of carbonyl (C=O) groups is 2. The molecule has 0 aliphatic carbocycles. The van der Waals surface area contributed by atoms with E-state index in [9.17, 15) is 14.7 Å². The van der Waals surface area contributed by atoms with Crippen molar-refractivity contribution >= 4 is 23.2 Å². The quantitative estimate of drug-likeness (QED) is 0.839. The first kappa shape index (κ1) is 18.4. The van der Waals surface area contributed by atoms with E-state index in [4.69, 9.17) is 9.47 Å². The highest BCUT2D eigenvalue weighted by Gasteiger charge is 2.42. The summed E-state index contributed by atoms with van der Waals surface area (Å²) in [6, 6.07) is 9.42. The molecular weight excluding hydrogens is 354 g/mol. The van der Waals surface area contributed by atoms with Gasteiger partial charge in [-0.3, -0.25) is 4.79 Å². The molecule has 2 N–H and O–H groups in total. The molecule has 0 bridgehead atoms. The molecule has 3 rings (SSSR count). The molecule has 1 aliphatic rings. The zero-order chi connectivity index (χ0) is 18.7. The highest BCUT2D eigenvalue weighted by atomic mass is 32.1. The van der Waals surface area contributed by atoms with Crippen molar-refractivity contribution in [2.75, 3.05) is 20.3 Å². The van der Waals surface area contributed by atoms with Crippen LogP contribution in [0.25, 0.3) is 11.1 Å². The molecular formula is C19H21NO5S. The van der Waals surface area contributed by atoms with E-state index in [-0.39, 0.29) is 18.7 Å². The van der Waals surface area contributed by atoms with E-state index < -0.39 is 11.5 Å². The number of carboxylic acid groups (broad SMARTS) is 1. The summed E-state index contributed by atoms with van der Waals surface area (Å²) < 4.78 is 10.4. The normalized spacial score (nSPS) is 16.1. The van der Waals surface area contributed by atoms with Gasteiger partial charge < -0.3 is 19.9 Å². The second kappa shape index (κ2) is 7.47. The van der Waals surface area contributed by atoms with E-state index >= 15 is 0 Å². The van der Waals surface area contributed by atoms with Gasteiger partial charge in [0.2, 0.25) is 0 Å². The van der Waals surface area contributed by atoms with Crippen LogP contribution in [0.2, 0.25) is 0 Å². The van der Waals surface area contributed by atoms with Crippen LogP contribution in [0.5, 0.6) is 5.75 Å². The Bertz CT molecular complexity index is 806. The third-order valence-electron chi connectivity index (χ3n) is 4.65. The Labute approximate surface area is 155 Å². The van der Waals surface area contributed by atoms with Gasteiger partial charge in [0.15, 0.2) is 0 Å². The predicted molar refractivity (Wildman–Crippen MR) is 98.9 cm³/mol. The number of methoxy groups -OCH3 is 1. The molecule has 2 heterocycles. The summed E-state index contributed by atoms with van der Waals surface area (Å²) in [5.74, 6) is -0.609. The maximum Gasteiger partial charge on any atom is 0.329 e. The summed E-state index contributed by atoms with van der Waals surface area (Å²) >= 11 is 1.36. The van der Waals surface area contributed by atoms with Crippen molar-refractivity contribution in [3.05, 3.63) is 40.1 Å². The predicted octanol–water partition coefficient (Wildman–Crippen LogP) is 3.10. The lowest BCUT2D eigenvalue weighted by atomic mass is 9.90. The van der Waals surface area contributed by atoms with Gasteiger partial charge in [0, 0.05) is 30.9 Å². The Morgan fingerprint density at radius 1 is 1.23 bits per heavy atom. The van der Waals surface area contributed by atoms with Crippen molar-refractivity contribution in [1.82, 2.24) is 5.32 Å². The van der Waals surface area contributed by atoms with E-state index in [1.807, 2.05) is 37.3 Å². The first-order valence-corrected chi connectivity index (χ1v) is 9.15. The van der Waals surface area contributed by atoms with Crippen LogP contribution in [0, 0.1) is 6.92 Å². The molecule has 1 fully saturated rings. The summed E-state index contributed by atoms with van der Waals surface area (Å²) in [5, 5.41) is 12.3. The number of amides is 1. The molecule has 0 radical (unpaired) electrons. The largest absolute Gasteiger partial charge is 0.497 e. The zero-order valence-electron chi connectivity index (χ0n) is 14.7. The summed E-state index contributed by atoms with van der Waals surface area (Å²) in [4.78, 5) is 25.9. The molecule has 7 heteroatoms. The van der Waals surface area contributed by atoms with Gasteiger partial charge in [-0.15, -0.1) is 11.3 Å². The topological polar surface area (TPSA) is 84.9 Å². The van der Waals surface area contributed by atoms with Crippen LogP contribution in [0.3, 0.4) is 0 Å². The van der Waals surface area contributed by atoms with Crippen molar-refractivity contribution in [1.29, 1.82) is 0 Å². The molecule has 0 atom stereocenters. The minimum Gasteiger partial charge on any atom is -0.497 e. The van der Waals surface area contributed by atoms with Gasteiger partial charge in [0.25, 0.3) is 5.91 Å². The minimum absolute atomic E-state index is 0.268. The molecule has 1 aromatic carbocycles. The number of aryl methyl sites for hydroxylation is 1. The lowest BCUT2D eigenvalue weighted by Gasteiger charge is -2.33. The Kier molecular flexibility index (Phi) is 5.29. The van der Waals surface area contributed by atoms with Crippen LogP contribution in [0.15, 0.2) is 30.3 Å². The maximum atomic E-state index is 12.7. The smallest absolute Gasteiger partial charge is 0.329 e. The van der Waals surface area contributed by atoms with E-state index in [2.05, 4.69) is 5.32 Å². The monoisotopic (exact) mass is 375 g/mol. The molecule has 0 unspecified atom stereocenters. The Morgan fingerprint density at radius 3 is 2.46 bits per heavy atom. The fourth-order valence-corrected chi connectivity index (χ4v) is 3.98. The molecule has 6 nitrogen and oxygen atoms in total. The highest BCUT2D eigenvalue weighted by molar-refractivity contribution is 7.14. The average Bonchev–Trinajstić information content (AvgIpc) is 3.04. The molecule has 1 saturated heterocycles. The Hall–Kier alpha value is -2.38. The first-order chi connectivity index (χ1) is 12.4. The molecule has 1 aliphatic heterocycles. The standard InChI is InChI=1S/C19H21NO5S/c1-12-15(13-3-5-14(24-2)6-4-13)11-16(26-12)17(21)20-19(18(22)23)7-9-25-10-8-19/h3-6,11H,7-10H2,1-2H3,(H,20,21)(H,22,23). The van der Waals surface area contributed by atoms with Crippen LogP contribution in [0.1, 0.15) is 27.4 Å². The van der Waals surface area contributed by atoms with Gasteiger partial charge >= 0.3 is 5.97 Å². The third-order valence-corrected chi connectivity index (χ3v) is 5.70. The van der Waals surface area contributed by atoms with E-state index in [0.29, 0.717) is 18.1 Å². The van der Waals surface area contributed by atoms with Crippen LogP contribution < -0.4 is 10.1 Å². The molecule has 1 amide bonds. The number of thiophene rings is 1. The van der Waals surface area contributed by atoms with Gasteiger partial charge in [-0.2, -0.15) is 0 Å². The maximum absolute atomic E-state index is 12.7. The molecule has 2 aromatic rings. The van der Waals surface area contributed by atoms with Gasteiger partial charge in [-0.1, -0.05) is 12.1 Å². The molecule has 0 saturated carbocycles. The zero-order valence-corrected chi connectivity index (χ0v) is 15.5. The molecule has 26 heavy (non-hydrogen) atoms. The van der Waals surface area contributed by atoms with Crippen LogP contribution in [-0.4, -0.2) is 42.8 Å². The number of ether oxygens (including phenoxy) is 2. The molecule has 1 aromatic heterocycles. The Morgan fingerprint density at radius 2 is 1.88 bits per heavy atom. The number of hydrogen-bond donors (Lipinski definition) is 2. The summed E-state index contributed by atoms with van der Waals surface area (Å²) in [5.41, 5.74) is 0.685. The second-order valence-corrected chi connectivity index (χ2v) is 7.52. The number of benzene rings is 1. The highest BCUT2D eigenvalue weighted by Crippen LogP contribution is 2.32. The van der Waals surface area contributed by atoms with Gasteiger partial charge in [0.1, 0.15) is 11.3 Å². The van der Waals surface area contributed by atoms with Crippen LogP contribution in [-0.2, 0) is 9.53 Å². The summed E-state index contributed by atoms with van der Waals surface area (Å²) in [6.45, 7) is 2.60. The summed E-state index contributed by atoms with van der Waals surface area (Å²) in [6.07, 6.45) is 0.535. The second-order valence-electron chi connectivity index (χ2n) is 6.26. The Balaban J connectivity index is 1.83.